The van der Waals surface area contributed by atoms with E-state index in [1.165, 1.54) is 10.9 Å². The van der Waals surface area contributed by atoms with Crippen molar-refractivity contribution in [3.05, 3.63) is 26.6 Å². The van der Waals surface area contributed by atoms with E-state index in [-0.39, 0.29) is 16.7 Å². The van der Waals surface area contributed by atoms with Crippen LogP contribution in [0.2, 0.25) is 10.0 Å². The molecule has 0 saturated heterocycles. The van der Waals surface area contributed by atoms with Crippen molar-refractivity contribution in [1.82, 2.24) is 9.78 Å². The quantitative estimate of drug-likeness (QED) is 0.829. The molecule has 4 nitrogen and oxygen atoms in total. The van der Waals surface area contributed by atoms with Crippen LogP contribution in [0, 0.1) is 0 Å². The minimum Gasteiger partial charge on any atom is -0.396 e. The monoisotopic (exact) mass is 222 g/mol. The molecule has 6 heteroatoms. The number of aliphatic hydroxyl groups is 1. The van der Waals surface area contributed by atoms with Crippen molar-refractivity contribution in [2.75, 3.05) is 6.61 Å². The molecule has 1 N–H and O–H groups in total. The molecule has 0 aliphatic heterocycles. The maximum absolute atomic E-state index is 11.3. The fourth-order valence-corrected chi connectivity index (χ4v) is 1.10. The third-order valence-electron chi connectivity index (χ3n) is 1.47. The highest BCUT2D eigenvalue weighted by Gasteiger charge is 2.06. The molecule has 0 atom stereocenters. The molecule has 0 aliphatic rings. The fourth-order valence-electron chi connectivity index (χ4n) is 0.825. The van der Waals surface area contributed by atoms with Gasteiger partial charge in [0.15, 0.2) is 0 Å². The van der Waals surface area contributed by atoms with Gasteiger partial charge in [-0.15, -0.1) is 0 Å². The van der Waals surface area contributed by atoms with Gasteiger partial charge in [-0.25, -0.2) is 4.68 Å². The van der Waals surface area contributed by atoms with Crippen molar-refractivity contribution in [3.8, 4) is 0 Å². The molecule has 0 saturated carbocycles. The first kappa shape index (κ1) is 10.5. The van der Waals surface area contributed by atoms with Crippen LogP contribution < -0.4 is 5.56 Å². The molecular formula is C7H8Cl2N2O2. The number of aryl methyl sites for hydroxylation is 1. The Morgan fingerprint density at radius 3 is 2.85 bits per heavy atom. The Morgan fingerprint density at radius 2 is 2.23 bits per heavy atom. The summed E-state index contributed by atoms with van der Waals surface area (Å²) in [5.41, 5.74) is -0.428. The molecule has 0 amide bonds. The molecule has 1 heterocycles. The SMILES string of the molecule is O=c1c(Cl)c(Cl)cnn1CCCO. The smallest absolute Gasteiger partial charge is 0.287 e. The van der Waals surface area contributed by atoms with Gasteiger partial charge < -0.3 is 5.11 Å². The van der Waals surface area contributed by atoms with E-state index in [0.717, 1.165) is 0 Å². The minimum atomic E-state index is -0.428. The summed E-state index contributed by atoms with van der Waals surface area (Å²) in [5.74, 6) is 0. The van der Waals surface area contributed by atoms with Crippen LogP contribution in [0.15, 0.2) is 11.0 Å². The maximum atomic E-state index is 11.3. The van der Waals surface area contributed by atoms with E-state index in [9.17, 15) is 4.79 Å². The average Bonchev–Trinajstić information content (AvgIpc) is 2.13. The van der Waals surface area contributed by atoms with Crippen LogP contribution >= 0.6 is 23.2 Å². The Hall–Kier alpha value is -0.580. The number of aromatic nitrogens is 2. The minimum absolute atomic E-state index is 0.00830. The maximum Gasteiger partial charge on any atom is 0.287 e. The van der Waals surface area contributed by atoms with Gasteiger partial charge in [0.05, 0.1) is 11.2 Å². The van der Waals surface area contributed by atoms with E-state index in [0.29, 0.717) is 13.0 Å². The fraction of sp³-hybridized carbons (Fsp3) is 0.429. The van der Waals surface area contributed by atoms with Crippen molar-refractivity contribution in [2.45, 2.75) is 13.0 Å². The third-order valence-corrected chi connectivity index (χ3v) is 2.22. The zero-order valence-corrected chi connectivity index (χ0v) is 8.22. The molecule has 0 bridgehead atoms. The lowest BCUT2D eigenvalue weighted by molar-refractivity contribution is 0.275. The molecule has 72 valence electrons. The molecule has 0 aliphatic carbocycles. The molecule has 0 spiro atoms. The second-order valence-electron chi connectivity index (χ2n) is 2.41. The van der Waals surface area contributed by atoms with Gasteiger partial charge in [-0.2, -0.15) is 5.10 Å². The lowest BCUT2D eigenvalue weighted by Crippen LogP contribution is -2.23. The van der Waals surface area contributed by atoms with E-state index in [1.54, 1.807) is 0 Å². The van der Waals surface area contributed by atoms with Crippen LogP contribution in [0.5, 0.6) is 0 Å². The summed E-state index contributed by atoms with van der Waals surface area (Å²) in [6.45, 7) is 0.348. The molecule has 1 rings (SSSR count). The Kier molecular flexibility index (Phi) is 3.71. The summed E-state index contributed by atoms with van der Waals surface area (Å²) in [6, 6.07) is 0. The van der Waals surface area contributed by atoms with E-state index >= 15 is 0 Å². The van der Waals surface area contributed by atoms with E-state index in [4.69, 9.17) is 28.3 Å². The Labute approximate surface area is 84.7 Å². The summed E-state index contributed by atoms with van der Waals surface area (Å²) in [6.07, 6.45) is 1.77. The second-order valence-corrected chi connectivity index (χ2v) is 3.20. The van der Waals surface area contributed by atoms with Gasteiger partial charge in [-0.05, 0) is 6.42 Å². The number of aliphatic hydroxyl groups excluding tert-OH is 1. The summed E-state index contributed by atoms with van der Waals surface area (Å²) >= 11 is 11.2. The topological polar surface area (TPSA) is 55.1 Å². The van der Waals surface area contributed by atoms with Crippen LogP contribution in [0.3, 0.4) is 0 Å². The highest BCUT2D eigenvalue weighted by Crippen LogP contribution is 2.14. The van der Waals surface area contributed by atoms with Crippen molar-refractivity contribution >= 4 is 23.2 Å². The Morgan fingerprint density at radius 1 is 1.54 bits per heavy atom. The molecule has 1 aromatic rings. The van der Waals surface area contributed by atoms with Crippen LogP contribution in [-0.2, 0) is 6.54 Å². The third kappa shape index (κ3) is 2.43. The van der Waals surface area contributed by atoms with E-state index in [2.05, 4.69) is 5.10 Å². The number of nitrogens with zero attached hydrogens (tertiary/aromatic N) is 2. The first-order valence-electron chi connectivity index (χ1n) is 3.69. The Balaban J connectivity index is 2.97. The number of rotatable bonds is 3. The predicted molar refractivity (Wildman–Crippen MR) is 50.2 cm³/mol. The van der Waals surface area contributed by atoms with Crippen LogP contribution in [-0.4, -0.2) is 21.5 Å². The largest absolute Gasteiger partial charge is 0.396 e. The van der Waals surface area contributed by atoms with Crippen LogP contribution in [0.4, 0.5) is 0 Å². The zero-order chi connectivity index (χ0) is 9.84. The zero-order valence-electron chi connectivity index (χ0n) is 6.70. The van der Waals surface area contributed by atoms with Crippen LogP contribution in [0.1, 0.15) is 6.42 Å². The first-order valence-corrected chi connectivity index (χ1v) is 4.44. The van der Waals surface area contributed by atoms with Crippen molar-refractivity contribution in [3.63, 3.8) is 0 Å². The molecule has 0 aromatic carbocycles. The average molecular weight is 223 g/mol. The molecule has 13 heavy (non-hydrogen) atoms. The van der Waals surface area contributed by atoms with Crippen molar-refractivity contribution < 1.29 is 5.11 Å². The number of halogens is 2. The predicted octanol–water partition coefficient (Wildman–Crippen LogP) is 0.932. The normalized spacial score (nSPS) is 10.4. The van der Waals surface area contributed by atoms with E-state index < -0.39 is 5.56 Å². The lowest BCUT2D eigenvalue weighted by Gasteiger charge is -2.03. The van der Waals surface area contributed by atoms with Gasteiger partial charge in [-0.3, -0.25) is 4.79 Å². The summed E-state index contributed by atoms with van der Waals surface area (Å²) in [7, 11) is 0. The Bertz CT molecular complexity index is 351. The summed E-state index contributed by atoms with van der Waals surface area (Å²) in [5, 5.41) is 12.4. The highest BCUT2D eigenvalue weighted by atomic mass is 35.5. The van der Waals surface area contributed by atoms with Crippen molar-refractivity contribution in [1.29, 1.82) is 0 Å². The van der Waals surface area contributed by atoms with E-state index in [1.807, 2.05) is 0 Å². The van der Waals surface area contributed by atoms with Gasteiger partial charge in [0.2, 0.25) is 0 Å². The number of hydrogen-bond acceptors (Lipinski definition) is 3. The molecule has 0 unspecified atom stereocenters. The summed E-state index contributed by atoms with van der Waals surface area (Å²) in [4.78, 5) is 11.3. The van der Waals surface area contributed by atoms with Crippen LogP contribution in [0.25, 0.3) is 0 Å². The molecule has 0 radical (unpaired) electrons. The highest BCUT2D eigenvalue weighted by molar-refractivity contribution is 6.41. The first-order chi connectivity index (χ1) is 6.16. The molecule has 0 fully saturated rings. The van der Waals surface area contributed by atoms with Gasteiger partial charge in [-0.1, -0.05) is 23.2 Å². The van der Waals surface area contributed by atoms with Gasteiger partial charge in [0.25, 0.3) is 5.56 Å². The standard InChI is InChI=1S/C7H8Cl2N2O2/c8-5-4-10-11(2-1-3-12)7(13)6(5)9/h4,12H,1-3H2. The number of hydrogen-bond donors (Lipinski definition) is 1. The molecular weight excluding hydrogens is 215 g/mol. The summed E-state index contributed by atoms with van der Waals surface area (Å²) < 4.78 is 1.17. The van der Waals surface area contributed by atoms with Gasteiger partial charge >= 0.3 is 0 Å². The van der Waals surface area contributed by atoms with Crippen molar-refractivity contribution in [2.24, 2.45) is 0 Å². The lowest BCUT2D eigenvalue weighted by atomic mass is 10.4. The van der Waals surface area contributed by atoms with Gasteiger partial charge in [0, 0.05) is 13.2 Å². The second kappa shape index (κ2) is 4.60. The van der Waals surface area contributed by atoms with Gasteiger partial charge in [0.1, 0.15) is 5.02 Å². The molecule has 1 aromatic heterocycles.